The predicted octanol–water partition coefficient (Wildman–Crippen LogP) is 3.40. The highest BCUT2D eigenvalue weighted by Gasteiger charge is 2.22. The number of hydrogen-bond acceptors (Lipinski definition) is 3. The van der Waals surface area contributed by atoms with Crippen LogP contribution in [0.25, 0.3) is 0 Å². The Morgan fingerprint density at radius 1 is 1.44 bits per heavy atom. The summed E-state index contributed by atoms with van der Waals surface area (Å²) < 4.78 is 0.707. The van der Waals surface area contributed by atoms with Gasteiger partial charge in [0.05, 0.1) is 21.8 Å². The van der Waals surface area contributed by atoms with Gasteiger partial charge in [-0.3, -0.25) is 4.79 Å². The largest absolute Gasteiger partial charge is 0.323 e. The van der Waals surface area contributed by atoms with Crippen molar-refractivity contribution in [2.75, 3.05) is 23.4 Å². The fraction of sp³-hybridized carbons (Fsp3) is 0.364. The van der Waals surface area contributed by atoms with Crippen LogP contribution in [0.3, 0.4) is 0 Å². The molecule has 98 valence electrons. The second-order valence-electron chi connectivity index (χ2n) is 3.79. The molecule has 1 atom stereocenters. The molecule has 0 saturated carbocycles. The fourth-order valence-electron chi connectivity index (χ4n) is 1.58. The monoisotopic (exact) mass is 368 g/mol. The summed E-state index contributed by atoms with van der Waals surface area (Å²) in [4.78, 5) is 12.0. The summed E-state index contributed by atoms with van der Waals surface area (Å²) in [5.41, 5.74) is 0.534. The number of amides is 1. The molecule has 1 aliphatic rings. The molecule has 1 unspecified atom stereocenters. The molecule has 2 N–H and O–H groups in total. The number of benzene rings is 1. The lowest BCUT2D eigenvalue weighted by Gasteiger charge is -2.22. The van der Waals surface area contributed by atoms with E-state index in [9.17, 15) is 4.79 Å². The highest BCUT2D eigenvalue weighted by atomic mass is 79.9. The van der Waals surface area contributed by atoms with Gasteiger partial charge < -0.3 is 10.6 Å². The Hall–Kier alpha value is 0.0600. The third-order valence-electron chi connectivity index (χ3n) is 2.53. The summed E-state index contributed by atoms with van der Waals surface area (Å²) in [6.07, 6.45) is 0. The van der Waals surface area contributed by atoms with E-state index in [1.807, 2.05) is 0 Å². The van der Waals surface area contributed by atoms with Crippen molar-refractivity contribution < 1.29 is 4.79 Å². The molecule has 1 heterocycles. The van der Waals surface area contributed by atoms with Gasteiger partial charge in [0.2, 0.25) is 5.91 Å². The molecule has 2 rings (SSSR count). The van der Waals surface area contributed by atoms with E-state index in [1.54, 1.807) is 23.9 Å². The summed E-state index contributed by atoms with van der Waals surface area (Å²) in [5.74, 6) is 1.73. The summed E-state index contributed by atoms with van der Waals surface area (Å²) >= 11 is 17.1. The molecular weight excluding hydrogens is 359 g/mol. The molecule has 1 amide bonds. The van der Waals surface area contributed by atoms with Gasteiger partial charge in [-0.2, -0.15) is 11.8 Å². The Morgan fingerprint density at radius 3 is 2.89 bits per heavy atom. The molecule has 0 radical (unpaired) electrons. The number of rotatable bonds is 2. The van der Waals surface area contributed by atoms with Gasteiger partial charge in [0.25, 0.3) is 0 Å². The van der Waals surface area contributed by atoms with Crippen LogP contribution in [0.4, 0.5) is 5.69 Å². The van der Waals surface area contributed by atoms with Crippen molar-refractivity contribution in [2.24, 2.45) is 0 Å². The number of anilines is 1. The summed E-state index contributed by atoms with van der Waals surface area (Å²) in [5, 5.41) is 6.72. The molecule has 1 saturated heterocycles. The highest BCUT2D eigenvalue weighted by Crippen LogP contribution is 2.35. The highest BCUT2D eigenvalue weighted by molar-refractivity contribution is 9.10. The number of carbonyl (C=O) groups is 1. The zero-order chi connectivity index (χ0) is 13.1. The number of halogens is 3. The van der Waals surface area contributed by atoms with E-state index < -0.39 is 0 Å². The van der Waals surface area contributed by atoms with Crippen LogP contribution in [0.2, 0.25) is 10.0 Å². The third kappa shape index (κ3) is 3.33. The maximum absolute atomic E-state index is 12.0. The van der Waals surface area contributed by atoms with Gasteiger partial charge in [0.1, 0.15) is 0 Å². The second kappa shape index (κ2) is 6.48. The number of nitrogens with one attached hydrogen (secondary N) is 2. The Balaban J connectivity index is 2.09. The van der Waals surface area contributed by atoms with E-state index >= 15 is 0 Å². The van der Waals surface area contributed by atoms with E-state index in [0.29, 0.717) is 20.2 Å². The lowest BCUT2D eigenvalue weighted by molar-refractivity contribution is -0.117. The van der Waals surface area contributed by atoms with E-state index in [0.717, 1.165) is 18.1 Å². The van der Waals surface area contributed by atoms with Crippen LogP contribution >= 0.6 is 50.9 Å². The normalized spacial score (nSPS) is 19.6. The van der Waals surface area contributed by atoms with Gasteiger partial charge in [0.15, 0.2) is 0 Å². The van der Waals surface area contributed by atoms with Crippen LogP contribution in [0.15, 0.2) is 16.6 Å². The lowest BCUT2D eigenvalue weighted by atomic mass is 10.2. The Morgan fingerprint density at radius 2 is 2.22 bits per heavy atom. The summed E-state index contributed by atoms with van der Waals surface area (Å²) in [7, 11) is 0. The number of thioether (sulfide) groups is 1. The average Bonchev–Trinajstić information content (AvgIpc) is 2.40. The molecule has 1 aromatic carbocycles. The summed E-state index contributed by atoms with van der Waals surface area (Å²) in [6, 6.07) is 3.31. The van der Waals surface area contributed by atoms with Gasteiger partial charge in [-0.15, -0.1) is 0 Å². The van der Waals surface area contributed by atoms with Crippen molar-refractivity contribution >= 4 is 62.5 Å². The first-order valence-corrected chi connectivity index (χ1v) is 8.05. The minimum absolute atomic E-state index is 0.0810. The zero-order valence-electron chi connectivity index (χ0n) is 9.30. The van der Waals surface area contributed by atoms with Gasteiger partial charge in [-0.25, -0.2) is 0 Å². The fourth-order valence-corrected chi connectivity index (χ4v) is 3.33. The van der Waals surface area contributed by atoms with Crippen molar-refractivity contribution in [3.63, 3.8) is 0 Å². The Labute approximate surface area is 128 Å². The molecule has 1 aliphatic heterocycles. The van der Waals surface area contributed by atoms with Gasteiger partial charge in [-0.05, 0) is 28.1 Å². The SMILES string of the molecule is O=C(Nc1ccc(Br)c(Cl)c1Cl)C1CSCCN1. The van der Waals surface area contributed by atoms with Crippen LogP contribution in [-0.2, 0) is 4.79 Å². The Bertz CT molecular complexity index is 467. The standard InChI is InChI=1S/C11H11BrCl2N2OS/c12-6-1-2-7(10(14)9(6)13)16-11(17)8-5-18-4-3-15-8/h1-2,8,15H,3-5H2,(H,16,17). The van der Waals surface area contributed by atoms with Crippen LogP contribution < -0.4 is 10.6 Å². The molecule has 1 fully saturated rings. The molecule has 3 nitrogen and oxygen atoms in total. The van der Waals surface area contributed by atoms with Crippen LogP contribution in [0.1, 0.15) is 0 Å². The molecular formula is C11H11BrCl2N2OS. The first-order chi connectivity index (χ1) is 8.59. The molecule has 0 aliphatic carbocycles. The van der Waals surface area contributed by atoms with Crippen molar-refractivity contribution in [3.05, 3.63) is 26.7 Å². The van der Waals surface area contributed by atoms with Crippen molar-refractivity contribution in [2.45, 2.75) is 6.04 Å². The van der Waals surface area contributed by atoms with Gasteiger partial charge in [0, 0.05) is 22.5 Å². The van der Waals surface area contributed by atoms with Crippen molar-refractivity contribution in [3.8, 4) is 0 Å². The maximum Gasteiger partial charge on any atom is 0.242 e. The van der Waals surface area contributed by atoms with E-state index in [2.05, 4.69) is 26.6 Å². The van der Waals surface area contributed by atoms with E-state index in [1.165, 1.54) is 0 Å². The molecule has 18 heavy (non-hydrogen) atoms. The van der Waals surface area contributed by atoms with Gasteiger partial charge >= 0.3 is 0 Å². The quantitative estimate of drug-likeness (QED) is 0.785. The minimum Gasteiger partial charge on any atom is -0.323 e. The molecule has 1 aromatic rings. The molecule has 0 bridgehead atoms. The second-order valence-corrected chi connectivity index (χ2v) is 6.55. The van der Waals surface area contributed by atoms with Crippen LogP contribution in [0, 0.1) is 0 Å². The number of carbonyl (C=O) groups excluding carboxylic acids is 1. The maximum atomic E-state index is 12.0. The minimum atomic E-state index is -0.178. The zero-order valence-corrected chi connectivity index (χ0v) is 13.2. The van der Waals surface area contributed by atoms with E-state index in [4.69, 9.17) is 23.2 Å². The smallest absolute Gasteiger partial charge is 0.242 e. The van der Waals surface area contributed by atoms with Crippen molar-refractivity contribution in [1.29, 1.82) is 0 Å². The average molecular weight is 370 g/mol. The Kier molecular flexibility index (Phi) is 5.21. The molecule has 0 spiro atoms. The molecule has 0 aromatic heterocycles. The predicted molar refractivity (Wildman–Crippen MR) is 81.9 cm³/mol. The summed E-state index contributed by atoms with van der Waals surface area (Å²) in [6.45, 7) is 0.845. The lowest BCUT2D eigenvalue weighted by Crippen LogP contribution is -2.46. The first-order valence-electron chi connectivity index (χ1n) is 5.35. The molecule has 7 heteroatoms. The van der Waals surface area contributed by atoms with Crippen molar-refractivity contribution in [1.82, 2.24) is 5.32 Å². The first kappa shape index (κ1) is 14.5. The van der Waals surface area contributed by atoms with Gasteiger partial charge in [-0.1, -0.05) is 23.2 Å². The van der Waals surface area contributed by atoms with Crippen LogP contribution in [-0.4, -0.2) is 30.0 Å². The van der Waals surface area contributed by atoms with E-state index in [-0.39, 0.29) is 11.9 Å². The number of hydrogen-bond donors (Lipinski definition) is 2. The topological polar surface area (TPSA) is 41.1 Å². The third-order valence-corrected chi connectivity index (χ3v) is 5.36. The van der Waals surface area contributed by atoms with Crippen LogP contribution in [0.5, 0.6) is 0 Å².